The van der Waals surface area contributed by atoms with Crippen molar-refractivity contribution in [1.82, 2.24) is 10.5 Å². The Morgan fingerprint density at radius 2 is 2.05 bits per heavy atom. The van der Waals surface area contributed by atoms with Crippen LogP contribution in [0.4, 0.5) is 0 Å². The van der Waals surface area contributed by atoms with Crippen molar-refractivity contribution in [2.45, 2.75) is 33.7 Å². The lowest BCUT2D eigenvalue weighted by Gasteiger charge is -2.14. The van der Waals surface area contributed by atoms with E-state index in [1.165, 1.54) is 0 Å². The van der Waals surface area contributed by atoms with Crippen molar-refractivity contribution >= 4 is 21.8 Å². The first-order chi connectivity index (χ1) is 9.40. The second-order valence-electron chi connectivity index (χ2n) is 4.90. The molecule has 0 spiro atoms. The van der Waals surface area contributed by atoms with Gasteiger partial charge in [0.25, 0.3) is 5.91 Å². The first kappa shape index (κ1) is 14.8. The molecule has 20 heavy (non-hydrogen) atoms. The Hall–Kier alpha value is -1.62. The van der Waals surface area contributed by atoms with Crippen LogP contribution >= 0.6 is 15.9 Å². The van der Waals surface area contributed by atoms with Gasteiger partial charge >= 0.3 is 0 Å². The van der Waals surface area contributed by atoms with Gasteiger partial charge < -0.3 is 9.84 Å². The van der Waals surface area contributed by atoms with E-state index in [0.717, 1.165) is 27.1 Å². The van der Waals surface area contributed by atoms with Crippen LogP contribution in [-0.4, -0.2) is 11.1 Å². The van der Waals surface area contributed by atoms with Gasteiger partial charge in [-0.15, -0.1) is 0 Å². The summed E-state index contributed by atoms with van der Waals surface area (Å²) in [5.74, 6) is 0.624. The van der Waals surface area contributed by atoms with Gasteiger partial charge in [0.1, 0.15) is 5.76 Å². The fraction of sp³-hybridized carbons (Fsp3) is 0.333. The normalized spacial score (nSPS) is 12.2. The fourth-order valence-corrected chi connectivity index (χ4v) is 2.57. The summed E-state index contributed by atoms with van der Waals surface area (Å²) < 4.78 is 6.06. The number of carbonyl (C=O) groups is 1. The average Bonchev–Trinajstić information content (AvgIpc) is 2.72. The van der Waals surface area contributed by atoms with Gasteiger partial charge in [-0.3, -0.25) is 4.79 Å². The van der Waals surface area contributed by atoms with Crippen molar-refractivity contribution in [2.24, 2.45) is 0 Å². The molecule has 2 rings (SSSR count). The first-order valence-corrected chi connectivity index (χ1v) is 7.19. The molecule has 1 N–H and O–H groups in total. The number of rotatable bonds is 3. The van der Waals surface area contributed by atoms with E-state index in [4.69, 9.17) is 4.52 Å². The summed E-state index contributed by atoms with van der Waals surface area (Å²) in [7, 11) is 0. The van der Waals surface area contributed by atoms with Crippen LogP contribution in [0, 0.1) is 20.8 Å². The molecule has 1 unspecified atom stereocenters. The second kappa shape index (κ2) is 5.79. The molecule has 0 aliphatic heterocycles. The maximum atomic E-state index is 12.3. The number of nitrogens with one attached hydrogen (secondary N) is 1. The van der Waals surface area contributed by atoms with Crippen molar-refractivity contribution in [1.29, 1.82) is 0 Å². The number of benzene rings is 1. The number of aryl methyl sites for hydroxylation is 3. The molecule has 5 heteroatoms. The SMILES string of the molecule is Cc1ccc(C(=O)NC(C)c2c(C)noc2C)cc1Br. The van der Waals surface area contributed by atoms with Gasteiger partial charge in [-0.25, -0.2) is 0 Å². The molecule has 1 heterocycles. The molecule has 0 saturated carbocycles. The van der Waals surface area contributed by atoms with Crippen LogP contribution in [0.1, 0.15) is 45.9 Å². The molecule has 2 aromatic rings. The van der Waals surface area contributed by atoms with Crippen LogP contribution < -0.4 is 5.32 Å². The van der Waals surface area contributed by atoms with Crippen molar-refractivity contribution in [3.05, 3.63) is 50.8 Å². The van der Waals surface area contributed by atoms with E-state index in [2.05, 4.69) is 26.4 Å². The number of halogens is 1. The minimum absolute atomic E-state index is 0.113. The third-order valence-electron chi connectivity index (χ3n) is 3.30. The molecule has 0 aliphatic carbocycles. The van der Waals surface area contributed by atoms with Gasteiger partial charge in [0.05, 0.1) is 11.7 Å². The van der Waals surface area contributed by atoms with E-state index in [0.29, 0.717) is 5.56 Å². The number of amides is 1. The number of carbonyl (C=O) groups excluding carboxylic acids is 1. The van der Waals surface area contributed by atoms with Gasteiger partial charge in [-0.2, -0.15) is 0 Å². The largest absolute Gasteiger partial charge is 0.361 e. The lowest BCUT2D eigenvalue weighted by molar-refractivity contribution is 0.0939. The summed E-state index contributed by atoms with van der Waals surface area (Å²) in [6.07, 6.45) is 0. The molecule has 1 aromatic carbocycles. The van der Waals surface area contributed by atoms with E-state index in [1.807, 2.05) is 45.9 Å². The molecule has 1 atom stereocenters. The van der Waals surface area contributed by atoms with E-state index in [-0.39, 0.29) is 11.9 Å². The zero-order chi connectivity index (χ0) is 14.9. The van der Waals surface area contributed by atoms with Gasteiger partial charge in [0, 0.05) is 15.6 Å². The number of hydrogen-bond donors (Lipinski definition) is 1. The van der Waals surface area contributed by atoms with Crippen LogP contribution in [0.15, 0.2) is 27.2 Å². The molecule has 0 saturated heterocycles. The molecule has 0 fully saturated rings. The van der Waals surface area contributed by atoms with E-state index < -0.39 is 0 Å². The molecular formula is C15H17BrN2O2. The lowest BCUT2D eigenvalue weighted by atomic mass is 10.1. The van der Waals surface area contributed by atoms with Gasteiger partial charge in [-0.05, 0) is 45.4 Å². The highest BCUT2D eigenvalue weighted by Gasteiger charge is 2.19. The third kappa shape index (κ3) is 2.93. The molecule has 4 nitrogen and oxygen atoms in total. The Morgan fingerprint density at radius 1 is 1.35 bits per heavy atom. The third-order valence-corrected chi connectivity index (χ3v) is 4.16. The van der Waals surface area contributed by atoms with Gasteiger partial charge in [0.2, 0.25) is 0 Å². The summed E-state index contributed by atoms with van der Waals surface area (Å²) in [6.45, 7) is 7.63. The minimum Gasteiger partial charge on any atom is -0.361 e. The zero-order valence-electron chi connectivity index (χ0n) is 12.0. The lowest BCUT2D eigenvalue weighted by Crippen LogP contribution is -2.27. The summed E-state index contributed by atoms with van der Waals surface area (Å²) in [5, 5.41) is 6.88. The van der Waals surface area contributed by atoms with Crippen molar-refractivity contribution < 1.29 is 9.32 Å². The minimum atomic E-state index is -0.145. The standard InChI is InChI=1S/C15H17BrN2O2/c1-8-5-6-12(7-13(8)16)15(19)17-9(2)14-10(3)18-20-11(14)4/h5-7,9H,1-4H3,(H,17,19). The number of aromatic nitrogens is 1. The Balaban J connectivity index is 2.17. The van der Waals surface area contributed by atoms with E-state index in [1.54, 1.807) is 0 Å². The Kier molecular flexibility index (Phi) is 4.28. The maximum Gasteiger partial charge on any atom is 0.251 e. The maximum absolute atomic E-state index is 12.3. The van der Waals surface area contributed by atoms with Gasteiger partial charge in [0.15, 0.2) is 0 Å². The predicted octanol–water partition coefficient (Wildman–Crippen LogP) is 3.85. The monoisotopic (exact) mass is 336 g/mol. The van der Waals surface area contributed by atoms with Crippen LogP contribution in [0.5, 0.6) is 0 Å². The summed E-state index contributed by atoms with van der Waals surface area (Å²) >= 11 is 3.44. The summed E-state index contributed by atoms with van der Waals surface area (Å²) in [4.78, 5) is 12.3. The predicted molar refractivity (Wildman–Crippen MR) is 80.7 cm³/mol. The van der Waals surface area contributed by atoms with Crippen molar-refractivity contribution in [3.63, 3.8) is 0 Å². The van der Waals surface area contributed by atoms with E-state index in [9.17, 15) is 4.79 Å². The van der Waals surface area contributed by atoms with Gasteiger partial charge in [-0.1, -0.05) is 27.2 Å². The molecular weight excluding hydrogens is 320 g/mol. The highest BCUT2D eigenvalue weighted by Crippen LogP contribution is 2.22. The fourth-order valence-electron chi connectivity index (χ4n) is 2.19. The van der Waals surface area contributed by atoms with Crippen LogP contribution in [0.3, 0.4) is 0 Å². The molecule has 0 aliphatic rings. The zero-order valence-corrected chi connectivity index (χ0v) is 13.5. The second-order valence-corrected chi connectivity index (χ2v) is 5.75. The smallest absolute Gasteiger partial charge is 0.251 e. The Morgan fingerprint density at radius 3 is 2.60 bits per heavy atom. The molecule has 106 valence electrons. The first-order valence-electron chi connectivity index (χ1n) is 6.40. The van der Waals surface area contributed by atoms with E-state index >= 15 is 0 Å². The average molecular weight is 337 g/mol. The van der Waals surface area contributed by atoms with Crippen LogP contribution in [0.2, 0.25) is 0 Å². The molecule has 1 amide bonds. The highest BCUT2D eigenvalue weighted by molar-refractivity contribution is 9.10. The number of nitrogens with zero attached hydrogens (tertiary/aromatic N) is 1. The summed E-state index contributed by atoms with van der Waals surface area (Å²) in [6, 6.07) is 5.41. The molecule has 0 radical (unpaired) electrons. The highest BCUT2D eigenvalue weighted by atomic mass is 79.9. The number of hydrogen-bond acceptors (Lipinski definition) is 3. The summed E-state index contributed by atoms with van der Waals surface area (Å²) in [5.41, 5.74) is 3.46. The van der Waals surface area contributed by atoms with Crippen LogP contribution in [0.25, 0.3) is 0 Å². The topological polar surface area (TPSA) is 55.1 Å². The van der Waals surface area contributed by atoms with Crippen LogP contribution in [-0.2, 0) is 0 Å². The quantitative estimate of drug-likeness (QED) is 0.925. The molecule has 0 bridgehead atoms. The Bertz CT molecular complexity index is 630. The Labute approximate surface area is 126 Å². The van der Waals surface area contributed by atoms with Crippen molar-refractivity contribution in [2.75, 3.05) is 0 Å². The van der Waals surface area contributed by atoms with Crippen molar-refractivity contribution in [3.8, 4) is 0 Å². The molecule has 1 aromatic heterocycles.